The maximum absolute atomic E-state index is 5.18. The van der Waals surface area contributed by atoms with Crippen molar-refractivity contribution in [3.63, 3.8) is 0 Å². The molecule has 0 fully saturated rings. The van der Waals surface area contributed by atoms with Gasteiger partial charge in [0.25, 0.3) is 0 Å². The highest BCUT2D eigenvalue weighted by Crippen LogP contribution is 2.12. The van der Waals surface area contributed by atoms with Gasteiger partial charge in [-0.15, -0.1) is 24.0 Å². The molecule has 0 aliphatic carbocycles. The number of hydrogen-bond acceptors (Lipinski definition) is 3. The molecule has 0 saturated heterocycles. The van der Waals surface area contributed by atoms with Gasteiger partial charge in [0, 0.05) is 26.7 Å². The summed E-state index contributed by atoms with van der Waals surface area (Å²) in [5, 5.41) is 6.68. The van der Waals surface area contributed by atoms with Crippen LogP contribution in [0.5, 0.6) is 5.75 Å². The van der Waals surface area contributed by atoms with Gasteiger partial charge in [-0.1, -0.05) is 24.3 Å². The molecule has 1 heterocycles. The topological polar surface area (TPSA) is 63.5 Å². The van der Waals surface area contributed by atoms with Crippen LogP contribution in [0.3, 0.4) is 0 Å². The lowest BCUT2D eigenvalue weighted by Gasteiger charge is -2.12. The maximum Gasteiger partial charge on any atom is 0.191 e. The summed E-state index contributed by atoms with van der Waals surface area (Å²) in [5.41, 5.74) is 3.39. The molecule has 2 aromatic carbocycles. The van der Waals surface area contributed by atoms with Crippen LogP contribution in [0.4, 0.5) is 0 Å². The van der Waals surface area contributed by atoms with Gasteiger partial charge >= 0.3 is 0 Å². The Labute approximate surface area is 177 Å². The number of aliphatic imine (C=N–C) groups is 1. The average Bonchev–Trinajstić information content (AvgIpc) is 3.11. The minimum absolute atomic E-state index is 0. The van der Waals surface area contributed by atoms with E-state index in [1.807, 2.05) is 48.8 Å². The van der Waals surface area contributed by atoms with Crippen molar-refractivity contribution in [1.29, 1.82) is 0 Å². The molecule has 1 aromatic heterocycles. The van der Waals surface area contributed by atoms with Gasteiger partial charge in [0.05, 0.1) is 24.5 Å². The molecule has 27 heavy (non-hydrogen) atoms. The van der Waals surface area contributed by atoms with Crippen LogP contribution in [-0.4, -0.2) is 36.2 Å². The van der Waals surface area contributed by atoms with Gasteiger partial charge in [-0.05, 0) is 36.2 Å². The fourth-order valence-corrected chi connectivity index (χ4v) is 2.79. The monoisotopic (exact) mass is 479 g/mol. The molecule has 3 rings (SSSR count). The number of imidazole rings is 1. The minimum Gasteiger partial charge on any atom is -0.497 e. The summed E-state index contributed by atoms with van der Waals surface area (Å²) in [7, 11) is 3.46. The van der Waals surface area contributed by atoms with Crippen molar-refractivity contribution in [2.45, 2.75) is 19.5 Å². The molecule has 6 nitrogen and oxygen atoms in total. The zero-order valence-electron chi connectivity index (χ0n) is 15.7. The Morgan fingerprint density at radius 2 is 1.89 bits per heavy atom. The van der Waals surface area contributed by atoms with Gasteiger partial charge in [0.1, 0.15) is 5.75 Å². The second-order valence-electron chi connectivity index (χ2n) is 5.98. The van der Waals surface area contributed by atoms with E-state index in [1.54, 1.807) is 14.2 Å². The molecule has 0 aliphatic heterocycles. The Hall–Kier alpha value is -2.29. The molecule has 0 spiro atoms. The van der Waals surface area contributed by atoms with Gasteiger partial charge in [-0.3, -0.25) is 4.99 Å². The number of aromatic nitrogens is 2. The van der Waals surface area contributed by atoms with Crippen molar-refractivity contribution in [1.82, 2.24) is 20.2 Å². The second kappa shape index (κ2) is 10.8. The Morgan fingerprint density at radius 3 is 2.63 bits per heavy atom. The van der Waals surface area contributed by atoms with Crippen LogP contribution in [0.15, 0.2) is 59.9 Å². The molecule has 7 heteroatoms. The average molecular weight is 479 g/mol. The lowest BCUT2D eigenvalue weighted by molar-refractivity contribution is 0.414. The van der Waals surface area contributed by atoms with E-state index in [2.05, 4.69) is 31.2 Å². The van der Waals surface area contributed by atoms with Crippen molar-refractivity contribution in [2.24, 2.45) is 4.99 Å². The second-order valence-corrected chi connectivity index (χ2v) is 5.98. The van der Waals surface area contributed by atoms with Gasteiger partial charge in [0.2, 0.25) is 0 Å². The normalized spacial score (nSPS) is 11.1. The van der Waals surface area contributed by atoms with Crippen molar-refractivity contribution >= 4 is 41.0 Å². The van der Waals surface area contributed by atoms with Gasteiger partial charge < -0.3 is 19.9 Å². The minimum atomic E-state index is 0. The van der Waals surface area contributed by atoms with E-state index in [0.717, 1.165) is 43.3 Å². The van der Waals surface area contributed by atoms with Crippen LogP contribution < -0.4 is 15.4 Å². The van der Waals surface area contributed by atoms with E-state index in [-0.39, 0.29) is 24.0 Å². The van der Waals surface area contributed by atoms with E-state index in [1.165, 1.54) is 11.1 Å². The Balaban J connectivity index is 0.00000261. The van der Waals surface area contributed by atoms with Gasteiger partial charge in [-0.25, -0.2) is 4.98 Å². The summed E-state index contributed by atoms with van der Waals surface area (Å²) >= 11 is 0. The number of nitrogens with one attached hydrogen (secondary N) is 2. The molecule has 0 amide bonds. The number of guanidine groups is 1. The number of para-hydroxylation sites is 2. The van der Waals surface area contributed by atoms with Crippen LogP contribution in [0.25, 0.3) is 11.0 Å². The first-order chi connectivity index (χ1) is 12.8. The quantitative estimate of drug-likeness (QED) is 0.236. The van der Waals surface area contributed by atoms with E-state index < -0.39 is 0 Å². The fraction of sp³-hybridized carbons (Fsp3) is 0.300. The summed E-state index contributed by atoms with van der Waals surface area (Å²) in [5.74, 6) is 1.67. The Kier molecular flexibility index (Phi) is 8.38. The third-order valence-electron chi connectivity index (χ3n) is 4.24. The maximum atomic E-state index is 5.18. The highest BCUT2D eigenvalue weighted by Gasteiger charge is 2.02. The first kappa shape index (κ1) is 21.0. The summed E-state index contributed by atoms with van der Waals surface area (Å²) in [6.07, 6.45) is 2.89. The molecule has 0 atom stereocenters. The van der Waals surface area contributed by atoms with Crippen LogP contribution in [0.2, 0.25) is 0 Å². The summed E-state index contributed by atoms with van der Waals surface area (Å²) in [6.45, 7) is 2.48. The number of methoxy groups -OCH3 is 1. The number of fused-ring (bicyclic) bond motifs is 1. The fourth-order valence-electron chi connectivity index (χ4n) is 2.79. The van der Waals surface area contributed by atoms with Gasteiger partial charge in [0.15, 0.2) is 5.96 Å². The summed E-state index contributed by atoms with van der Waals surface area (Å²) in [4.78, 5) is 8.69. The molecule has 3 aromatic rings. The largest absolute Gasteiger partial charge is 0.497 e. The first-order valence-electron chi connectivity index (χ1n) is 8.77. The highest BCUT2D eigenvalue weighted by atomic mass is 127. The number of halogens is 1. The van der Waals surface area contributed by atoms with Gasteiger partial charge in [-0.2, -0.15) is 0 Å². The summed E-state index contributed by atoms with van der Waals surface area (Å²) < 4.78 is 7.36. The van der Waals surface area contributed by atoms with Crippen molar-refractivity contribution in [3.05, 3.63) is 60.4 Å². The number of aryl methyl sites for hydroxylation is 1. The Bertz CT molecular complexity index is 860. The van der Waals surface area contributed by atoms with E-state index in [9.17, 15) is 0 Å². The molecule has 144 valence electrons. The van der Waals surface area contributed by atoms with Crippen LogP contribution >= 0.6 is 24.0 Å². The highest BCUT2D eigenvalue weighted by molar-refractivity contribution is 14.0. The zero-order valence-corrected chi connectivity index (χ0v) is 18.0. The van der Waals surface area contributed by atoms with E-state index in [4.69, 9.17) is 4.74 Å². The lowest BCUT2D eigenvalue weighted by atomic mass is 10.2. The lowest BCUT2D eigenvalue weighted by Crippen LogP contribution is -2.37. The predicted molar refractivity (Wildman–Crippen MR) is 121 cm³/mol. The summed E-state index contributed by atoms with van der Waals surface area (Å²) in [6, 6.07) is 16.2. The molecule has 0 bridgehead atoms. The standard InChI is InChI=1S/C20H25N5O.HI/c1-21-20(23-14-16-8-10-17(26-2)11-9-16)22-12-5-13-25-15-24-18-6-3-4-7-19(18)25;/h3-4,6-11,15H,5,12-14H2,1-2H3,(H2,21,22,23);1H. The number of rotatable bonds is 7. The number of hydrogen-bond donors (Lipinski definition) is 2. The Morgan fingerprint density at radius 1 is 1.11 bits per heavy atom. The molecule has 2 N–H and O–H groups in total. The third kappa shape index (κ3) is 5.85. The molecule has 0 saturated carbocycles. The van der Waals surface area contributed by atoms with E-state index >= 15 is 0 Å². The van der Waals surface area contributed by atoms with Crippen molar-refractivity contribution in [2.75, 3.05) is 20.7 Å². The number of ether oxygens (including phenoxy) is 1. The van der Waals surface area contributed by atoms with Crippen molar-refractivity contribution in [3.8, 4) is 5.75 Å². The molecule has 0 aliphatic rings. The van der Waals surface area contributed by atoms with Crippen LogP contribution in [-0.2, 0) is 13.1 Å². The van der Waals surface area contributed by atoms with Crippen molar-refractivity contribution < 1.29 is 4.74 Å². The first-order valence-corrected chi connectivity index (χ1v) is 8.77. The smallest absolute Gasteiger partial charge is 0.191 e. The molecule has 0 radical (unpaired) electrons. The van der Waals surface area contributed by atoms with E-state index in [0.29, 0.717) is 0 Å². The third-order valence-corrected chi connectivity index (χ3v) is 4.24. The van der Waals surface area contributed by atoms with Crippen LogP contribution in [0.1, 0.15) is 12.0 Å². The van der Waals surface area contributed by atoms with Crippen LogP contribution in [0, 0.1) is 0 Å². The predicted octanol–water partition coefficient (Wildman–Crippen LogP) is 3.42. The number of benzene rings is 2. The zero-order chi connectivity index (χ0) is 18.2. The molecular formula is C20H26IN5O. The SMILES string of the molecule is CN=C(NCCCn1cnc2ccccc21)NCc1ccc(OC)cc1.I. The molecule has 0 unspecified atom stereocenters. The number of nitrogens with zero attached hydrogens (tertiary/aromatic N) is 3. The molecular weight excluding hydrogens is 453 g/mol.